The van der Waals surface area contributed by atoms with E-state index in [4.69, 9.17) is 5.11 Å². The van der Waals surface area contributed by atoms with Crippen LogP contribution in [0.25, 0.3) is 0 Å². The number of aromatic nitrogens is 3. The van der Waals surface area contributed by atoms with Gasteiger partial charge in [-0.1, -0.05) is 6.92 Å². The number of carbonyl (C=O) groups is 2. The minimum atomic E-state index is -4.55. The Kier molecular flexibility index (Phi) is 5.97. The second-order valence-electron chi connectivity index (χ2n) is 6.95. The van der Waals surface area contributed by atoms with Gasteiger partial charge in [-0.25, -0.2) is 9.78 Å². The van der Waals surface area contributed by atoms with Gasteiger partial charge >= 0.3 is 12.1 Å². The molecule has 3 rings (SSSR count). The maximum Gasteiger partial charge on any atom is 0.435 e. The first-order valence-electron chi connectivity index (χ1n) is 9.21. The lowest BCUT2D eigenvalue weighted by atomic mass is 9.97. The highest BCUT2D eigenvalue weighted by Gasteiger charge is 2.38. The van der Waals surface area contributed by atoms with Gasteiger partial charge in [0.1, 0.15) is 6.54 Å². The Morgan fingerprint density at radius 2 is 1.97 bits per heavy atom. The van der Waals surface area contributed by atoms with E-state index < -0.39 is 17.8 Å². The summed E-state index contributed by atoms with van der Waals surface area (Å²) in [5.41, 5.74) is -0.444. The number of nitrogens with zero attached hydrogens (tertiary/aromatic N) is 4. The van der Waals surface area contributed by atoms with Crippen LogP contribution < -0.4 is 0 Å². The van der Waals surface area contributed by atoms with Crippen LogP contribution in [-0.4, -0.2) is 49.7 Å². The van der Waals surface area contributed by atoms with Crippen molar-refractivity contribution in [2.24, 2.45) is 0 Å². The maximum atomic E-state index is 13.2. The number of carboxylic acid groups (broad SMARTS) is 1. The molecule has 0 saturated carbocycles. The van der Waals surface area contributed by atoms with E-state index in [0.717, 1.165) is 9.69 Å². The summed E-state index contributed by atoms with van der Waals surface area (Å²) in [6.07, 6.45) is -3.10. The Morgan fingerprint density at radius 1 is 1.31 bits per heavy atom. The summed E-state index contributed by atoms with van der Waals surface area (Å²) in [7, 11) is 0. The van der Waals surface area contributed by atoms with E-state index in [1.807, 2.05) is 0 Å². The second kappa shape index (κ2) is 8.13. The number of amides is 1. The average molecular weight is 430 g/mol. The van der Waals surface area contributed by atoms with E-state index in [0.29, 0.717) is 31.6 Å². The van der Waals surface area contributed by atoms with Crippen molar-refractivity contribution in [3.8, 4) is 0 Å². The highest BCUT2D eigenvalue weighted by molar-refractivity contribution is 7.09. The average Bonchev–Trinajstić information content (AvgIpc) is 3.27. The predicted octanol–water partition coefficient (Wildman–Crippen LogP) is 3.33. The van der Waals surface area contributed by atoms with Gasteiger partial charge in [0.15, 0.2) is 11.4 Å². The number of carboxylic acids is 1. The minimum absolute atomic E-state index is 0.0184. The summed E-state index contributed by atoms with van der Waals surface area (Å²) in [5.74, 6) is -1.28. The smallest absolute Gasteiger partial charge is 0.435 e. The van der Waals surface area contributed by atoms with Crippen molar-refractivity contribution in [3.05, 3.63) is 33.0 Å². The first-order valence-corrected chi connectivity index (χ1v) is 10.1. The van der Waals surface area contributed by atoms with Crippen molar-refractivity contribution in [3.63, 3.8) is 0 Å². The van der Waals surface area contributed by atoms with Gasteiger partial charge < -0.3 is 10.0 Å². The Morgan fingerprint density at radius 3 is 2.45 bits per heavy atom. The first-order chi connectivity index (χ1) is 13.6. The van der Waals surface area contributed by atoms with Crippen LogP contribution in [0, 0.1) is 6.92 Å². The van der Waals surface area contributed by atoms with Crippen molar-refractivity contribution >= 4 is 23.2 Å². The fraction of sp³-hybridized carbons (Fsp3) is 0.556. The number of halogens is 3. The molecule has 1 aliphatic heterocycles. The monoisotopic (exact) mass is 430 g/mol. The summed E-state index contributed by atoms with van der Waals surface area (Å²) in [6, 6.07) is 0. The van der Waals surface area contributed by atoms with Gasteiger partial charge in [-0.15, -0.1) is 11.3 Å². The molecular formula is C18H21F3N4O3S. The lowest BCUT2D eigenvalue weighted by molar-refractivity contribution is -0.142. The van der Waals surface area contributed by atoms with Crippen molar-refractivity contribution in [2.75, 3.05) is 13.1 Å². The van der Waals surface area contributed by atoms with E-state index >= 15 is 0 Å². The topological polar surface area (TPSA) is 88.3 Å². The van der Waals surface area contributed by atoms with Gasteiger partial charge in [-0.2, -0.15) is 18.3 Å². The van der Waals surface area contributed by atoms with Crippen LogP contribution >= 0.6 is 11.3 Å². The standard InChI is InChI=1S/C18H21F3N4O3S/c1-3-12-10(2)25(23-15(12)18(19,20)21)8-14(26)24-6-4-11(5-7-24)16-22-13(9-29-16)17(27)28/h9,11H,3-8H2,1-2H3,(H,27,28). The number of likely N-dealkylation sites (tertiary alicyclic amines) is 1. The fourth-order valence-electron chi connectivity index (χ4n) is 3.57. The zero-order chi connectivity index (χ0) is 21.3. The number of aromatic carboxylic acids is 1. The lowest BCUT2D eigenvalue weighted by Gasteiger charge is -2.31. The van der Waals surface area contributed by atoms with Crippen LogP contribution in [-0.2, 0) is 23.9 Å². The predicted molar refractivity (Wildman–Crippen MR) is 99.0 cm³/mol. The third-order valence-electron chi connectivity index (χ3n) is 5.18. The molecule has 1 saturated heterocycles. The molecule has 2 aromatic rings. The minimum Gasteiger partial charge on any atom is -0.476 e. The van der Waals surface area contributed by atoms with Crippen LogP contribution in [0.2, 0.25) is 0 Å². The lowest BCUT2D eigenvalue weighted by Crippen LogP contribution is -2.40. The molecule has 0 bridgehead atoms. The summed E-state index contributed by atoms with van der Waals surface area (Å²) in [5, 5.41) is 14.9. The highest BCUT2D eigenvalue weighted by Crippen LogP contribution is 2.33. The van der Waals surface area contributed by atoms with Crippen molar-refractivity contribution in [1.82, 2.24) is 19.7 Å². The third kappa shape index (κ3) is 4.44. The van der Waals surface area contributed by atoms with Crippen molar-refractivity contribution in [1.29, 1.82) is 0 Å². The van der Waals surface area contributed by atoms with Crippen LogP contribution in [0.15, 0.2) is 5.38 Å². The molecule has 0 spiro atoms. The van der Waals surface area contributed by atoms with E-state index in [1.54, 1.807) is 18.7 Å². The van der Waals surface area contributed by atoms with Gasteiger partial charge in [0, 0.05) is 35.6 Å². The van der Waals surface area contributed by atoms with E-state index in [9.17, 15) is 22.8 Å². The summed E-state index contributed by atoms with van der Waals surface area (Å²) in [4.78, 5) is 29.3. The number of piperidine rings is 1. The van der Waals surface area contributed by atoms with Crippen LogP contribution in [0.5, 0.6) is 0 Å². The molecule has 7 nitrogen and oxygen atoms in total. The summed E-state index contributed by atoms with van der Waals surface area (Å²) in [6.45, 7) is 3.82. The molecular weight excluding hydrogens is 409 g/mol. The van der Waals surface area contributed by atoms with Crippen LogP contribution in [0.1, 0.15) is 58.1 Å². The molecule has 29 heavy (non-hydrogen) atoms. The zero-order valence-corrected chi connectivity index (χ0v) is 16.8. The molecule has 1 fully saturated rings. The number of rotatable bonds is 5. The zero-order valence-electron chi connectivity index (χ0n) is 16.0. The van der Waals surface area contributed by atoms with Crippen molar-refractivity contribution in [2.45, 2.75) is 51.7 Å². The van der Waals surface area contributed by atoms with Crippen LogP contribution in [0.3, 0.4) is 0 Å². The molecule has 0 radical (unpaired) electrons. The van der Waals surface area contributed by atoms with Gasteiger partial charge in [-0.3, -0.25) is 9.48 Å². The maximum absolute atomic E-state index is 13.2. The SMILES string of the molecule is CCc1c(C(F)(F)F)nn(CC(=O)N2CCC(c3nc(C(=O)O)cs3)CC2)c1C. The quantitative estimate of drug-likeness (QED) is 0.786. The van der Waals surface area contributed by atoms with Crippen LogP contribution in [0.4, 0.5) is 13.2 Å². The number of hydrogen-bond acceptors (Lipinski definition) is 5. The molecule has 3 heterocycles. The normalized spacial score (nSPS) is 15.7. The number of hydrogen-bond donors (Lipinski definition) is 1. The molecule has 0 aliphatic carbocycles. The van der Waals surface area contributed by atoms with E-state index in [1.165, 1.54) is 16.7 Å². The molecule has 1 amide bonds. The second-order valence-corrected chi connectivity index (χ2v) is 7.84. The molecule has 0 unspecified atom stereocenters. The summed E-state index contributed by atoms with van der Waals surface area (Å²) >= 11 is 1.29. The Balaban J connectivity index is 1.64. The number of thiazole rings is 1. The molecule has 2 aromatic heterocycles. The summed E-state index contributed by atoms with van der Waals surface area (Å²) < 4.78 is 40.6. The van der Waals surface area contributed by atoms with E-state index in [-0.39, 0.29) is 36.0 Å². The number of alkyl halides is 3. The highest BCUT2D eigenvalue weighted by atomic mass is 32.1. The van der Waals surface area contributed by atoms with Gasteiger partial charge in [0.2, 0.25) is 5.91 Å². The van der Waals surface area contributed by atoms with Gasteiger partial charge in [0.25, 0.3) is 0 Å². The molecule has 1 N–H and O–H groups in total. The van der Waals surface area contributed by atoms with Crippen molar-refractivity contribution < 1.29 is 27.9 Å². The third-order valence-corrected chi connectivity index (χ3v) is 6.18. The van der Waals surface area contributed by atoms with Gasteiger partial charge in [0.05, 0.1) is 5.01 Å². The Hall–Kier alpha value is -2.43. The molecule has 0 aromatic carbocycles. The molecule has 1 aliphatic rings. The molecule has 158 valence electrons. The molecule has 11 heteroatoms. The Labute approximate surface area is 169 Å². The molecule has 0 atom stereocenters. The van der Waals surface area contributed by atoms with E-state index in [2.05, 4.69) is 10.1 Å². The fourth-order valence-corrected chi connectivity index (χ4v) is 4.53. The first kappa shape index (κ1) is 21.3. The van der Waals surface area contributed by atoms with Gasteiger partial charge in [-0.05, 0) is 26.2 Å². The largest absolute Gasteiger partial charge is 0.476 e. The Bertz CT molecular complexity index is 914. The number of carbonyl (C=O) groups excluding carboxylic acids is 1.